The summed E-state index contributed by atoms with van der Waals surface area (Å²) in [5.41, 5.74) is 16.7. The van der Waals surface area contributed by atoms with Gasteiger partial charge in [-0.1, -0.05) is 41.5 Å². The van der Waals surface area contributed by atoms with Crippen LogP contribution in [0.3, 0.4) is 0 Å². The lowest BCUT2D eigenvalue weighted by molar-refractivity contribution is -0.137. The molecule has 1 aromatic heterocycles. The number of aromatic nitrogens is 2. The lowest BCUT2D eigenvalue weighted by atomic mass is 10.0. The number of hydrogen-bond donors (Lipinski definition) is 8. The van der Waals surface area contributed by atoms with Gasteiger partial charge in [-0.15, -0.1) is 0 Å². The number of aromatic amines is 1. The smallest absolute Gasteiger partial charge is 0.305 e. The van der Waals surface area contributed by atoms with Crippen LogP contribution in [0.1, 0.15) is 106 Å². The number of aliphatic imine (C=N–C) groups is 1. The molecule has 0 spiro atoms. The minimum atomic E-state index is -0.822. The van der Waals surface area contributed by atoms with Crippen molar-refractivity contribution in [2.75, 3.05) is 13.1 Å². The third-order valence-electron chi connectivity index (χ3n) is 5.54. The molecule has 0 aromatic carbocycles. The number of carbonyl (C=O) groups is 3. The number of Topliss-reactive ketones (excluding diaryl/α,β-unsaturated/α-hetero) is 2. The lowest BCUT2D eigenvalue weighted by Gasteiger charge is -2.19. The van der Waals surface area contributed by atoms with Crippen molar-refractivity contribution in [1.29, 1.82) is 0 Å². The average Bonchev–Trinajstić information content (AvgIpc) is 3.36. The second kappa shape index (κ2) is 24.7. The zero-order valence-electron chi connectivity index (χ0n) is 27.1. The Balaban J connectivity index is 0. The van der Waals surface area contributed by atoms with Crippen molar-refractivity contribution in [3.63, 3.8) is 0 Å². The Morgan fingerprint density at radius 3 is 1.74 bits per heavy atom. The van der Waals surface area contributed by atoms with Crippen LogP contribution in [-0.4, -0.2) is 81.9 Å². The maximum Gasteiger partial charge on any atom is 0.305 e. The number of H-pyrrole nitrogens is 1. The molecule has 0 amide bonds. The molecule has 1 aromatic rings. The Morgan fingerprint density at radius 2 is 1.38 bits per heavy atom. The van der Waals surface area contributed by atoms with E-state index in [2.05, 4.69) is 44.8 Å². The maximum atomic E-state index is 11.0. The molecule has 0 aliphatic heterocycles. The highest BCUT2D eigenvalue weighted by atomic mass is 16.4. The van der Waals surface area contributed by atoms with Gasteiger partial charge in [0.25, 0.3) is 0 Å². The number of nitrogens with zero attached hydrogens (tertiary/aromatic N) is 2. The molecule has 3 atom stereocenters. The Bertz CT molecular complexity index is 870. The van der Waals surface area contributed by atoms with E-state index in [0.29, 0.717) is 44.1 Å². The van der Waals surface area contributed by atoms with Gasteiger partial charge in [0, 0.05) is 55.8 Å². The number of carboxylic acids is 1. The first-order valence-electron chi connectivity index (χ1n) is 14.8. The molecule has 0 aliphatic carbocycles. The predicted molar refractivity (Wildman–Crippen MR) is 170 cm³/mol. The first-order valence-corrected chi connectivity index (χ1v) is 14.8. The quantitative estimate of drug-likeness (QED) is 0.0849. The molecule has 11 N–H and O–H groups in total. The molecule has 0 fully saturated rings. The molecular formula is C29H59N9O4. The second-order valence-electron chi connectivity index (χ2n) is 11.4. The molecule has 0 bridgehead atoms. The Kier molecular flexibility index (Phi) is 24.3. The standard InChI is InChI=1S/C10H22N4O.C10H22N2O.C9H15N3O2/c1-7(2)14-9(6-8(3)15)4-5-13-10(11)12;1-8(2)12-10(5-4-6-11)7-9(3)13;1-6(2)12-7(3-9(13)14)8-4-10-5-11-8/h7,9,14H,4-6H2,1-3H3,(H4,11,12,13);8,10,12H,4-7,11H2,1-3H3;4-7,12H,3H2,1-2H3,(H,10,11)(H,13,14). The number of imidazole rings is 1. The fourth-order valence-corrected chi connectivity index (χ4v) is 4.13. The third kappa shape index (κ3) is 27.3. The number of nitrogens with one attached hydrogen (secondary N) is 4. The summed E-state index contributed by atoms with van der Waals surface area (Å²) < 4.78 is 0. The highest BCUT2D eigenvalue weighted by Crippen LogP contribution is 2.14. The molecule has 0 aliphatic rings. The molecular weight excluding hydrogens is 538 g/mol. The van der Waals surface area contributed by atoms with Crippen LogP contribution in [0.2, 0.25) is 0 Å². The first kappa shape index (κ1) is 41.3. The number of carboxylic acid groups (broad SMARTS) is 1. The number of guanidine groups is 1. The molecule has 13 heteroatoms. The normalized spacial score (nSPS) is 13.0. The fourth-order valence-electron chi connectivity index (χ4n) is 4.13. The van der Waals surface area contributed by atoms with Gasteiger partial charge in [-0.3, -0.25) is 19.4 Å². The van der Waals surface area contributed by atoms with Crippen molar-refractivity contribution in [2.24, 2.45) is 22.2 Å². The predicted octanol–water partition coefficient (Wildman–Crippen LogP) is 1.99. The van der Waals surface area contributed by atoms with Crippen molar-refractivity contribution in [3.05, 3.63) is 18.2 Å². The van der Waals surface area contributed by atoms with Gasteiger partial charge in [0.15, 0.2) is 5.96 Å². The molecule has 0 radical (unpaired) electrons. The summed E-state index contributed by atoms with van der Waals surface area (Å²) in [5.74, 6) is -0.299. The van der Waals surface area contributed by atoms with Crippen molar-refractivity contribution in [2.45, 2.75) is 130 Å². The maximum absolute atomic E-state index is 11.0. The van der Waals surface area contributed by atoms with Crippen LogP contribution in [0, 0.1) is 0 Å². The average molecular weight is 598 g/mol. The molecule has 244 valence electrons. The molecule has 13 nitrogen and oxygen atoms in total. The topological polar surface area (TPSA) is 227 Å². The number of rotatable bonds is 19. The molecule has 0 saturated heterocycles. The number of ketones is 2. The summed E-state index contributed by atoms with van der Waals surface area (Å²) in [4.78, 5) is 43.2. The van der Waals surface area contributed by atoms with Crippen LogP contribution in [0.15, 0.2) is 17.5 Å². The van der Waals surface area contributed by atoms with Crippen LogP contribution < -0.4 is 33.2 Å². The van der Waals surface area contributed by atoms with Gasteiger partial charge in [-0.2, -0.15) is 0 Å². The molecule has 3 unspecified atom stereocenters. The fraction of sp³-hybridized carbons (Fsp3) is 0.759. The summed E-state index contributed by atoms with van der Waals surface area (Å²) in [6.45, 7) is 16.7. The summed E-state index contributed by atoms with van der Waals surface area (Å²) in [6, 6.07) is 1.29. The monoisotopic (exact) mass is 597 g/mol. The van der Waals surface area contributed by atoms with Gasteiger partial charge < -0.3 is 43.2 Å². The highest BCUT2D eigenvalue weighted by Gasteiger charge is 2.17. The largest absolute Gasteiger partial charge is 0.481 e. The van der Waals surface area contributed by atoms with E-state index in [1.54, 1.807) is 26.4 Å². The van der Waals surface area contributed by atoms with Crippen molar-refractivity contribution in [1.82, 2.24) is 25.9 Å². The minimum Gasteiger partial charge on any atom is -0.481 e. The second-order valence-corrected chi connectivity index (χ2v) is 11.4. The summed E-state index contributed by atoms with van der Waals surface area (Å²) >= 11 is 0. The number of aliphatic carboxylic acids is 1. The molecule has 0 saturated carbocycles. The summed E-state index contributed by atoms with van der Waals surface area (Å²) in [7, 11) is 0. The van der Waals surface area contributed by atoms with Gasteiger partial charge in [0.05, 0.1) is 24.5 Å². The van der Waals surface area contributed by atoms with Gasteiger partial charge in [0.1, 0.15) is 11.6 Å². The molecule has 1 heterocycles. The van der Waals surface area contributed by atoms with Gasteiger partial charge in [-0.05, 0) is 39.7 Å². The van der Waals surface area contributed by atoms with E-state index < -0.39 is 5.97 Å². The highest BCUT2D eigenvalue weighted by molar-refractivity contribution is 5.76. The Hall–Kier alpha value is -2.87. The SMILES string of the molecule is CC(=O)CC(CCCN)NC(C)C.CC(=O)CC(CCN=C(N)N)NC(C)C.CC(C)NC(CC(=O)O)c1cnc[nH]1. The zero-order valence-corrected chi connectivity index (χ0v) is 27.1. The van der Waals surface area contributed by atoms with Crippen molar-refractivity contribution < 1.29 is 19.5 Å². The third-order valence-corrected chi connectivity index (χ3v) is 5.54. The van der Waals surface area contributed by atoms with E-state index in [-0.39, 0.29) is 42.1 Å². The van der Waals surface area contributed by atoms with Gasteiger partial charge in [-0.25, -0.2) is 4.98 Å². The van der Waals surface area contributed by atoms with Crippen LogP contribution in [-0.2, 0) is 14.4 Å². The van der Waals surface area contributed by atoms with Gasteiger partial charge >= 0.3 is 5.97 Å². The molecule has 1 rings (SSSR count). The van der Waals surface area contributed by atoms with E-state index in [1.165, 1.54) is 0 Å². The number of hydrogen-bond acceptors (Lipinski definition) is 9. The van der Waals surface area contributed by atoms with Crippen molar-refractivity contribution >= 4 is 23.5 Å². The van der Waals surface area contributed by atoms with E-state index in [0.717, 1.165) is 25.0 Å². The number of nitrogens with two attached hydrogens (primary N) is 3. The van der Waals surface area contributed by atoms with Crippen LogP contribution >= 0.6 is 0 Å². The minimum absolute atomic E-state index is 0.0559. The van der Waals surface area contributed by atoms with Crippen LogP contribution in [0.5, 0.6) is 0 Å². The Morgan fingerprint density at radius 1 is 0.881 bits per heavy atom. The Labute approximate surface area is 252 Å². The van der Waals surface area contributed by atoms with E-state index in [1.807, 2.05) is 27.7 Å². The molecule has 42 heavy (non-hydrogen) atoms. The van der Waals surface area contributed by atoms with E-state index >= 15 is 0 Å². The zero-order chi connectivity index (χ0) is 32.7. The van der Waals surface area contributed by atoms with Crippen LogP contribution in [0.25, 0.3) is 0 Å². The van der Waals surface area contributed by atoms with Gasteiger partial charge in [0.2, 0.25) is 0 Å². The van der Waals surface area contributed by atoms with E-state index in [9.17, 15) is 14.4 Å². The summed E-state index contributed by atoms with van der Waals surface area (Å²) in [5, 5.41) is 18.6. The number of carbonyl (C=O) groups excluding carboxylic acids is 2. The van der Waals surface area contributed by atoms with Crippen LogP contribution in [0.4, 0.5) is 0 Å². The summed E-state index contributed by atoms with van der Waals surface area (Å²) in [6.07, 6.45) is 7.15. The van der Waals surface area contributed by atoms with E-state index in [4.69, 9.17) is 22.3 Å². The lowest BCUT2D eigenvalue weighted by Crippen LogP contribution is -2.37. The first-order chi connectivity index (χ1) is 19.6. The van der Waals surface area contributed by atoms with Crippen molar-refractivity contribution in [3.8, 4) is 0 Å².